The summed E-state index contributed by atoms with van der Waals surface area (Å²) in [6.07, 6.45) is 2.45. The van der Waals surface area contributed by atoms with Crippen LogP contribution in [-0.2, 0) is 16.1 Å². The fraction of sp³-hybridized carbons (Fsp3) is 0.438. The van der Waals surface area contributed by atoms with E-state index >= 15 is 0 Å². The first kappa shape index (κ1) is 15.7. The van der Waals surface area contributed by atoms with E-state index in [-0.39, 0.29) is 6.61 Å². The lowest BCUT2D eigenvalue weighted by molar-refractivity contribution is 0.0643. The molecule has 1 aromatic heterocycles. The molecule has 114 valence electrons. The van der Waals surface area contributed by atoms with Gasteiger partial charge in [0.15, 0.2) is 0 Å². The standard InChI is InChI=1S/C16H21NO4/c1-19-9-10-20-7-4-8-21-16-15-6-3-2-5-14(15)13(12-18)11-17-16/h2-3,5-6,11,18H,4,7-10,12H2,1H3. The molecule has 0 atom stereocenters. The Bertz CT molecular complexity index is 559. The summed E-state index contributed by atoms with van der Waals surface area (Å²) < 4.78 is 16.0. The number of pyridine rings is 1. The lowest BCUT2D eigenvalue weighted by Gasteiger charge is -2.10. The molecule has 0 unspecified atom stereocenters. The molecule has 0 radical (unpaired) electrons. The van der Waals surface area contributed by atoms with Crippen molar-refractivity contribution >= 4 is 10.8 Å². The van der Waals surface area contributed by atoms with Crippen molar-refractivity contribution in [1.82, 2.24) is 4.98 Å². The van der Waals surface area contributed by atoms with Gasteiger partial charge in [-0.25, -0.2) is 4.98 Å². The van der Waals surface area contributed by atoms with Gasteiger partial charge < -0.3 is 19.3 Å². The molecule has 0 saturated heterocycles. The number of nitrogens with zero attached hydrogens (tertiary/aromatic N) is 1. The summed E-state index contributed by atoms with van der Waals surface area (Å²) >= 11 is 0. The van der Waals surface area contributed by atoms with E-state index in [0.717, 1.165) is 22.8 Å². The zero-order chi connectivity index (χ0) is 14.9. The first-order valence-corrected chi connectivity index (χ1v) is 7.03. The van der Waals surface area contributed by atoms with Crippen LogP contribution in [0.4, 0.5) is 0 Å². The third kappa shape index (κ3) is 4.39. The maximum atomic E-state index is 9.34. The lowest BCUT2D eigenvalue weighted by Crippen LogP contribution is -2.07. The summed E-state index contributed by atoms with van der Waals surface area (Å²) in [5, 5.41) is 11.2. The van der Waals surface area contributed by atoms with Gasteiger partial charge in [0.25, 0.3) is 0 Å². The van der Waals surface area contributed by atoms with Gasteiger partial charge in [-0.05, 0) is 11.5 Å². The van der Waals surface area contributed by atoms with Gasteiger partial charge in [-0.1, -0.05) is 18.2 Å². The zero-order valence-corrected chi connectivity index (χ0v) is 12.2. The monoisotopic (exact) mass is 291 g/mol. The van der Waals surface area contributed by atoms with E-state index < -0.39 is 0 Å². The topological polar surface area (TPSA) is 60.8 Å². The van der Waals surface area contributed by atoms with E-state index in [1.807, 2.05) is 24.3 Å². The Morgan fingerprint density at radius 1 is 1.05 bits per heavy atom. The molecular formula is C16H21NO4. The average molecular weight is 291 g/mol. The number of aromatic nitrogens is 1. The molecule has 5 heteroatoms. The highest BCUT2D eigenvalue weighted by atomic mass is 16.5. The summed E-state index contributed by atoms with van der Waals surface area (Å²) in [6.45, 7) is 2.36. The quantitative estimate of drug-likeness (QED) is 0.717. The Morgan fingerprint density at radius 2 is 1.86 bits per heavy atom. The van der Waals surface area contributed by atoms with Crippen LogP contribution >= 0.6 is 0 Å². The SMILES string of the molecule is COCCOCCCOc1ncc(CO)c2ccccc12. The van der Waals surface area contributed by atoms with Crippen molar-refractivity contribution in [2.24, 2.45) is 0 Å². The maximum Gasteiger partial charge on any atom is 0.221 e. The van der Waals surface area contributed by atoms with E-state index in [9.17, 15) is 5.11 Å². The van der Waals surface area contributed by atoms with Crippen molar-refractivity contribution in [3.63, 3.8) is 0 Å². The Hall–Kier alpha value is -1.69. The molecule has 5 nitrogen and oxygen atoms in total. The number of rotatable bonds is 9. The molecule has 1 N–H and O–H groups in total. The molecule has 2 rings (SSSR count). The fourth-order valence-corrected chi connectivity index (χ4v) is 2.04. The third-order valence-corrected chi connectivity index (χ3v) is 3.11. The van der Waals surface area contributed by atoms with Crippen molar-refractivity contribution in [3.8, 4) is 5.88 Å². The van der Waals surface area contributed by atoms with E-state index in [1.165, 1.54) is 0 Å². The Balaban J connectivity index is 1.90. The van der Waals surface area contributed by atoms with Crippen LogP contribution in [0.1, 0.15) is 12.0 Å². The van der Waals surface area contributed by atoms with Crippen LogP contribution < -0.4 is 4.74 Å². The second-order valence-corrected chi connectivity index (χ2v) is 4.60. The van der Waals surface area contributed by atoms with Crippen molar-refractivity contribution in [1.29, 1.82) is 0 Å². The number of aliphatic hydroxyl groups is 1. The van der Waals surface area contributed by atoms with Crippen LogP contribution in [0.2, 0.25) is 0 Å². The van der Waals surface area contributed by atoms with Gasteiger partial charge in [0, 0.05) is 37.3 Å². The van der Waals surface area contributed by atoms with Crippen molar-refractivity contribution in [2.75, 3.05) is 33.5 Å². The predicted octanol–water partition coefficient (Wildman–Crippen LogP) is 2.16. The average Bonchev–Trinajstić information content (AvgIpc) is 2.54. The van der Waals surface area contributed by atoms with Gasteiger partial charge in [0.05, 0.1) is 26.4 Å². The molecule has 0 bridgehead atoms. The van der Waals surface area contributed by atoms with Gasteiger partial charge in [-0.2, -0.15) is 0 Å². The number of fused-ring (bicyclic) bond motifs is 1. The van der Waals surface area contributed by atoms with Gasteiger partial charge >= 0.3 is 0 Å². The summed E-state index contributed by atoms with van der Waals surface area (Å²) in [7, 11) is 1.65. The van der Waals surface area contributed by atoms with E-state index in [4.69, 9.17) is 14.2 Å². The highest BCUT2D eigenvalue weighted by Gasteiger charge is 2.07. The van der Waals surface area contributed by atoms with Crippen molar-refractivity contribution < 1.29 is 19.3 Å². The molecule has 0 fully saturated rings. The van der Waals surface area contributed by atoms with E-state index in [2.05, 4.69) is 4.98 Å². The summed E-state index contributed by atoms with van der Waals surface area (Å²) in [6, 6.07) is 7.79. The number of benzene rings is 1. The molecule has 2 aromatic rings. The van der Waals surface area contributed by atoms with Crippen LogP contribution in [0.25, 0.3) is 10.8 Å². The number of methoxy groups -OCH3 is 1. The number of aliphatic hydroxyl groups excluding tert-OH is 1. The number of hydrogen-bond acceptors (Lipinski definition) is 5. The first-order valence-electron chi connectivity index (χ1n) is 7.03. The molecule has 1 aromatic carbocycles. The minimum Gasteiger partial charge on any atom is -0.477 e. The van der Waals surface area contributed by atoms with Crippen LogP contribution in [0.5, 0.6) is 5.88 Å². The predicted molar refractivity (Wildman–Crippen MR) is 80.5 cm³/mol. The number of ether oxygens (including phenoxy) is 3. The van der Waals surface area contributed by atoms with E-state index in [0.29, 0.717) is 32.3 Å². The van der Waals surface area contributed by atoms with Crippen LogP contribution in [-0.4, -0.2) is 43.6 Å². The van der Waals surface area contributed by atoms with E-state index in [1.54, 1.807) is 13.3 Å². The van der Waals surface area contributed by atoms with Crippen molar-refractivity contribution in [3.05, 3.63) is 36.0 Å². The molecular weight excluding hydrogens is 270 g/mol. The first-order chi connectivity index (χ1) is 10.4. The molecule has 0 aliphatic carbocycles. The van der Waals surface area contributed by atoms with Gasteiger partial charge in [0.1, 0.15) is 0 Å². The third-order valence-electron chi connectivity index (χ3n) is 3.11. The summed E-state index contributed by atoms with van der Waals surface area (Å²) in [5.41, 5.74) is 0.806. The fourth-order valence-electron chi connectivity index (χ4n) is 2.04. The van der Waals surface area contributed by atoms with Crippen LogP contribution in [0, 0.1) is 0 Å². The second-order valence-electron chi connectivity index (χ2n) is 4.60. The minimum atomic E-state index is -0.0267. The van der Waals surface area contributed by atoms with Gasteiger partial charge in [0.2, 0.25) is 5.88 Å². The van der Waals surface area contributed by atoms with Crippen molar-refractivity contribution in [2.45, 2.75) is 13.0 Å². The zero-order valence-electron chi connectivity index (χ0n) is 12.2. The van der Waals surface area contributed by atoms with Crippen LogP contribution in [0.15, 0.2) is 30.5 Å². The normalized spacial score (nSPS) is 11.0. The molecule has 0 spiro atoms. The summed E-state index contributed by atoms with van der Waals surface area (Å²) in [4.78, 5) is 4.28. The Kier molecular flexibility index (Phi) is 6.40. The highest BCUT2D eigenvalue weighted by molar-refractivity contribution is 5.89. The summed E-state index contributed by atoms with van der Waals surface area (Å²) in [5.74, 6) is 0.597. The smallest absolute Gasteiger partial charge is 0.221 e. The second kappa shape index (κ2) is 8.56. The molecule has 1 heterocycles. The van der Waals surface area contributed by atoms with Gasteiger partial charge in [-0.3, -0.25) is 0 Å². The van der Waals surface area contributed by atoms with Gasteiger partial charge in [-0.15, -0.1) is 0 Å². The molecule has 0 saturated carbocycles. The molecule has 0 aliphatic rings. The minimum absolute atomic E-state index is 0.0267. The molecule has 21 heavy (non-hydrogen) atoms. The van der Waals surface area contributed by atoms with Crippen LogP contribution in [0.3, 0.4) is 0 Å². The highest BCUT2D eigenvalue weighted by Crippen LogP contribution is 2.26. The lowest BCUT2D eigenvalue weighted by atomic mass is 10.1. The Labute approximate surface area is 124 Å². The maximum absolute atomic E-state index is 9.34. The molecule has 0 amide bonds. The largest absolute Gasteiger partial charge is 0.477 e. The number of hydrogen-bond donors (Lipinski definition) is 1. The molecule has 0 aliphatic heterocycles. The Morgan fingerprint density at radius 3 is 2.62 bits per heavy atom.